The molecule has 1 amide bonds. The summed E-state index contributed by atoms with van der Waals surface area (Å²) in [6, 6.07) is 9.15. The van der Waals surface area contributed by atoms with Crippen LogP contribution in [0.15, 0.2) is 35.1 Å². The zero-order valence-electron chi connectivity index (χ0n) is 12.9. The molecular weight excluding hydrogens is 310 g/mol. The minimum atomic E-state index is -0.259. The predicted octanol–water partition coefficient (Wildman–Crippen LogP) is 3.29. The highest BCUT2D eigenvalue weighted by Gasteiger charge is 2.19. The number of hydrogen-bond donors (Lipinski definition) is 3. The zero-order valence-corrected chi connectivity index (χ0v) is 13.7. The summed E-state index contributed by atoms with van der Waals surface area (Å²) in [5.41, 5.74) is 8.96. The number of thiophene rings is 1. The molecule has 0 saturated carbocycles. The second-order valence-electron chi connectivity index (χ2n) is 5.33. The lowest BCUT2D eigenvalue weighted by molar-refractivity contribution is 0.103. The quantitative estimate of drug-likeness (QED) is 0.689. The second-order valence-corrected chi connectivity index (χ2v) is 6.35. The number of hydrogen-bond acceptors (Lipinski definition) is 4. The van der Waals surface area contributed by atoms with E-state index >= 15 is 0 Å². The minimum Gasteiger partial charge on any atom is -0.397 e. The molecule has 0 aliphatic carbocycles. The van der Waals surface area contributed by atoms with Gasteiger partial charge in [-0.2, -0.15) is 0 Å². The molecule has 0 aliphatic rings. The van der Waals surface area contributed by atoms with Gasteiger partial charge in [0.1, 0.15) is 9.71 Å². The van der Waals surface area contributed by atoms with E-state index in [1.165, 1.54) is 17.4 Å². The highest BCUT2D eigenvalue weighted by molar-refractivity contribution is 7.21. The number of aryl methyl sites for hydroxylation is 2. The van der Waals surface area contributed by atoms with Crippen molar-refractivity contribution >= 4 is 38.8 Å². The normalized spacial score (nSPS) is 10.9. The number of nitrogens with two attached hydrogens (primary N) is 1. The Morgan fingerprint density at radius 1 is 1.35 bits per heavy atom. The largest absolute Gasteiger partial charge is 0.397 e. The number of benzene rings is 1. The van der Waals surface area contributed by atoms with E-state index < -0.39 is 0 Å². The lowest BCUT2D eigenvalue weighted by Gasteiger charge is -2.09. The maximum absolute atomic E-state index is 12.6. The van der Waals surface area contributed by atoms with Gasteiger partial charge in [0.15, 0.2) is 0 Å². The monoisotopic (exact) mass is 327 g/mol. The van der Waals surface area contributed by atoms with Crippen LogP contribution in [0.2, 0.25) is 0 Å². The third-order valence-electron chi connectivity index (χ3n) is 3.78. The van der Waals surface area contributed by atoms with E-state index in [0.717, 1.165) is 28.6 Å². The number of nitrogen functional groups attached to an aromatic ring is 1. The second kappa shape index (κ2) is 5.89. The zero-order chi connectivity index (χ0) is 16.6. The Kier molecular flexibility index (Phi) is 3.92. The van der Waals surface area contributed by atoms with E-state index in [4.69, 9.17) is 5.73 Å². The van der Waals surface area contributed by atoms with Gasteiger partial charge in [0.05, 0.1) is 5.69 Å². The topological polar surface area (TPSA) is 88.0 Å². The molecule has 5 nitrogen and oxygen atoms in total. The smallest absolute Gasteiger partial charge is 0.267 e. The predicted molar refractivity (Wildman–Crippen MR) is 95.4 cm³/mol. The molecule has 0 spiro atoms. The van der Waals surface area contributed by atoms with Gasteiger partial charge in [0, 0.05) is 17.1 Å². The molecule has 23 heavy (non-hydrogen) atoms. The number of amides is 1. The molecule has 2 aromatic heterocycles. The van der Waals surface area contributed by atoms with E-state index in [0.29, 0.717) is 15.4 Å². The Hall–Kier alpha value is -2.60. The first kappa shape index (κ1) is 15.3. The average molecular weight is 327 g/mol. The number of carbonyl (C=O) groups is 1. The van der Waals surface area contributed by atoms with Crippen molar-refractivity contribution in [2.24, 2.45) is 0 Å². The Morgan fingerprint density at radius 2 is 2.09 bits per heavy atom. The van der Waals surface area contributed by atoms with Gasteiger partial charge in [-0.25, -0.2) is 0 Å². The van der Waals surface area contributed by atoms with Crippen molar-refractivity contribution in [3.05, 3.63) is 56.7 Å². The van der Waals surface area contributed by atoms with Crippen LogP contribution in [0.4, 0.5) is 11.4 Å². The van der Waals surface area contributed by atoms with Crippen molar-refractivity contribution in [1.82, 2.24) is 4.98 Å². The highest BCUT2D eigenvalue weighted by atomic mass is 32.1. The minimum absolute atomic E-state index is 0.195. The van der Waals surface area contributed by atoms with Crippen molar-refractivity contribution in [2.45, 2.75) is 20.3 Å². The first-order valence-corrected chi connectivity index (χ1v) is 8.14. The fourth-order valence-corrected chi connectivity index (χ4v) is 3.72. The fourth-order valence-electron chi connectivity index (χ4n) is 2.64. The van der Waals surface area contributed by atoms with E-state index in [-0.39, 0.29) is 11.5 Å². The Balaban J connectivity index is 2.03. The number of carbonyl (C=O) groups excluding carboxylic acids is 1. The Labute approximate surface area is 137 Å². The van der Waals surface area contributed by atoms with Gasteiger partial charge in [-0.15, -0.1) is 11.3 Å². The van der Waals surface area contributed by atoms with Gasteiger partial charge in [0.25, 0.3) is 5.91 Å². The van der Waals surface area contributed by atoms with Crippen LogP contribution in [-0.4, -0.2) is 10.9 Å². The number of anilines is 2. The first-order valence-electron chi connectivity index (χ1n) is 7.32. The molecule has 4 N–H and O–H groups in total. The lowest BCUT2D eigenvalue weighted by atomic mass is 10.1. The number of para-hydroxylation sites is 1. The number of nitrogens with one attached hydrogen (secondary N) is 2. The van der Waals surface area contributed by atoms with E-state index in [1.54, 1.807) is 0 Å². The molecule has 0 unspecified atom stereocenters. The summed E-state index contributed by atoms with van der Waals surface area (Å²) in [5.74, 6) is -0.259. The molecule has 0 saturated heterocycles. The molecule has 3 aromatic rings. The number of H-pyrrole nitrogens is 1. The molecule has 1 aromatic carbocycles. The summed E-state index contributed by atoms with van der Waals surface area (Å²) in [6.45, 7) is 3.85. The van der Waals surface area contributed by atoms with Gasteiger partial charge >= 0.3 is 0 Å². The molecule has 0 atom stereocenters. The first-order chi connectivity index (χ1) is 11.0. The van der Waals surface area contributed by atoms with Crippen LogP contribution in [0, 0.1) is 6.92 Å². The summed E-state index contributed by atoms with van der Waals surface area (Å²) in [7, 11) is 0. The van der Waals surface area contributed by atoms with Gasteiger partial charge < -0.3 is 16.0 Å². The third-order valence-corrected chi connectivity index (χ3v) is 4.90. The van der Waals surface area contributed by atoms with E-state index in [9.17, 15) is 9.59 Å². The summed E-state index contributed by atoms with van der Waals surface area (Å²) in [6.07, 6.45) is 0.824. The number of pyridine rings is 1. The lowest BCUT2D eigenvalue weighted by Crippen LogP contribution is -2.13. The van der Waals surface area contributed by atoms with Crippen molar-refractivity contribution in [2.75, 3.05) is 11.1 Å². The number of aromatic amines is 1. The van der Waals surface area contributed by atoms with Crippen LogP contribution >= 0.6 is 11.3 Å². The van der Waals surface area contributed by atoms with Crippen molar-refractivity contribution in [3.63, 3.8) is 0 Å². The van der Waals surface area contributed by atoms with Crippen LogP contribution < -0.4 is 16.6 Å². The summed E-state index contributed by atoms with van der Waals surface area (Å²) in [5, 5.41) is 3.65. The fraction of sp³-hybridized carbons (Fsp3) is 0.176. The molecule has 3 rings (SSSR count). The van der Waals surface area contributed by atoms with Crippen LogP contribution in [0.3, 0.4) is 0 Å². The third kappa shape index (κ3) is 2.73. The van der Waals surface area contributed by atoms with Gasteiger partial charge in [-0.05, 0) is 30.5 Å². The molecule has 0 aliphatic heterocycles. The van der Waals surface area contributed by atoms with Crippen LogP contribution in [0.25, 0.3) is 10.2 Å². The van der Waals surface area contributed by atoms with E-state index in [1.807, 2.05) is 38.1 Å². The summed E-state index contributed by atoms with van der Waals surface area (Å²) in [4.78, 5) is 28.0. The molecule has 0 fully saturated rings. The van der Waals surface area contributed by atoms with E-state index in [2.05, 4.69) is 10.3 Å². The Bertz CT molecular complexity index is 956. The molecule has 0 radical (unpaired) electrons. The molecular formula is C17H17N3O2S. The maximum atomic E-state index is 12.6. The van der Waals surface area contributed by atoms with Crippen molar-refractivity contribution in [3.8, 4) is 0 Å². The van der Waals surface area contributed by atoms with Crippen LogP contribution in [0.5, 0.6) is 0 Å². The standard InChI is InChI=1S/C17H17N3O2S/c1-3-10-6-4-5-7-11(10)19-16(22)15-14(18)13-9(2)8-12(21)20-17(13)23-15/h4-8H,3,18H2,1-2H3,(H,19,22)(H,20,21). The Morgan fingerprint density at radius 3 is 2.83 bits per heavy atom. The summed E-state index contributed by atoms with van der Waals surface area (Å²) >= 11 is 1.20. The van der Waals surface area contributed by atoms with Crippen LogP contribution in [0.1, 0.15) is 27.7 Å². The van der Waals surface area contributed by atoms with Gasteiger partial charge in [0.2, 0.25) is 5.56 Å². The molecule has 0 bridgehead atoms. The molecule has 118 valence electrons. The highest BCUT2D eigenvalue weighted by Crippen LogP contribution is 2.34. The number of fused-ring (bicyclic) bond motifs is 1. The van der Waals surface area contributed by atoms with Crippen LogP contribution in [-0.2, 0) is 6.42 Å². The van der Waals surface area contributed by atoms with Crippen molar-refractivity contribution < 1.29 is 4.79 Å². The number of aromatic nitrogens is 1. The maximum Gasteiger partial charge on any atom is 0.267 e. The number of rotatable bonds is 3. The van der Waals surface area contributed by atoms with Gasteiger partial charge in [-0.1, -0.05) is 25.1 Å². The van der Waals surface area contributed by atoms with Gasteiger partial charge in [-0.3, -0.25) is 9.59 Å². The SMILES string of the molecule is CCc1ccccc1NC(=O)c1sc2[nH]c(=O)cc(C)c2c1N. The summed E-state index contributed by atoms with van der Waals surface area (Å²) < 4.78 is 0. The molecule has 2 heterocycles. The van der Waals surface area contributed by atoms with Crippen molar-refractivity contribution in [1.29, 1.82) is 0 Å². The average Bonchev–Trinajstić information content (AvgIpc) is 2.84. The molecule has 6 heteroatoms.